The van der Waals surface area contributed by atoms with Crippen LogP contribution < -0.4 is 5.32 Å². The zero-order valence-corrected chi connectivity index (χ0v) is 18.8. The molecular weight excluding hydrogens is 406 g/mol. The monoisotopic (exact) mass is 435 g/mol. The Balaban J connectivity index is 1.55. The molecule has 1 aromatic heterocycles. The smallest absolute Gasteiger partial charge is 0.322 e. The van der Waals surface area contributed by atoms with Gasteiger partial charge >= 0.3 is 6.03 Å². The second-order valence-electron chi connectivity index (χ2n) is 8.41. The maximum Gasteiger partial charge on any atom is 0.322 e. The Morgan fingerprint density at radius 3 is 2.65 bits per heavy atom. The first-order valence-electron chi connectivity index (χ1n) is 11.1. The van der Waals surface area contributed by atoms with Crippen LogP contribution in [0.1, 0.15) is 48.9 Å². The number of nitrogens with one attached hydrogen (secondary N) is 1. The van der Waals surface area contributed by atoms with E-state index in [9.17, 15) is 4.79 Å². The number of halogens is 1. The normalized spacial score (nSPS) is 14.4. The van der Waals surface area contributed by atoms with Crippen molar-refractivity contribution in [2.45, 2.75) is 58.2 Å². The quantitative estimate of drug-likeness (QED) is 0.450. The first-order valence-corrected chi connectivity index (χ1v) is 11.5. The number of nitrogens with zero attached hydrogens (tertiary/aromatic N) is 2. The fourth-order valence-electron chi connectivity index (χ4n) is 4.41. The van der Waals surface area contributed by atoms with E-state index in [4.69, 9.17) is 11.6 Å². The van der Waals surface area contributed by atoms with Crippen molar-refractivity contribution >= 4 is 23.3 Å². The minimum Gasteiger partial charge on any atom is -0.345 e. The lowest BCUT2D eigenvalue weighted by atomic mass is 9.94. The van der Waals surface area contributed by atoms with Gasteiger partial charge in [-0.2, -0.15) is 0 Å². The van der Waals surface area contributed by atoms with Gasteiger partial charge < -0.3 is 14.8 Å². The molecule has 4 nitrogen and oxygen atoms in total. The van der Waals surface area contributed by atoms with E-state index in [1.54, 1.807) is 6.07 Å². The summed E-state index contributed by atoms with van der Waals surface area (Å²) in [5.41, 5.74) is 4.46. The molecule has 0 bridgehead atoms. The molecule has 5 heteroatoms. The number of anilines is 1. The van der Waals surface area contributed by atoms with E-state index >= 15 is 0 Å². The Morgan fingerprint density at radius 2 is 1.87 bits per heavy atom. The van der Waals surface area contributed by atoms with Crippen LogP contribution in [0.2, 0.25) is 5.02 Å². The van der Waals surface area contributed by atoms with Gasteiger partial charge in [0.25, 0.3) is 0 Å². The van der Waals surface area contributed by atoms with Crippen molar-refractivity contribution in [1.82, 2.24) is 9.47 Å². The number of aromatic nitrogens is 1. The summed E-state index contributed by atoms with van der Waals surface area (Å²) < 4.78 is 2.25. The van der Waals surface area contributed by atoms with Crippen LogP contribution in [0.15, 0.2) is 66.9 Å². The highest BCUT2D eigenvalue weighted by Crippen LogP contribution is 2.26. The predicted molar refractivity (Wildman–Crippen MR) is 128 cm³/mol. The van der Waals surface area contributed by atoms with Crippen LogP contribution >= 0.6 is 11.6 Å². The highest BCUT2D eigenvalue weighted by atomic mass is 35.5. The molecule has 1 heterocycles. The van der Waals surface area contributed by atoms with Crippen LogP contribution in [-0.4, -0.2) is 21.5 Å². The molecule has 2 amide bonds. The summed E-state index contributed by atoms with van der Waals surface area (Å²) in [6.07, 6.45) is 7.83. The molecule has 0 spiro atoms. The lowest BCUT2D eigenvalue weighted by molar-refractivity contribution is 0.161. The van der Waals surface area contributed by atoms with E-state index in [1.165, 1.54) is 30.4 Å². The standard InChI is InChI=1S/C26H30ClN3O/c1-20-9-5-6-10-21(20)18-29-16-8-15-25(29)19-30(24-13-3-2-4-14-24)26(31)28-23-12-7-11-22(27)17-23/h5-12,15-17,24H,2-4,13-14,18-19H2,1H3,(H,28,31). The van der Waals surface area contributed by atoms with Crippen LogP contribution in [0.3, 0.4) is 0 Å². The van der Waals surface area contributed by atoms with Crippen molar-refractivity contribution < 1.29 is 4.79 Å². The molecule has 1 N–H and O–H groups in total. The van der Waals surface area contributed by atoms with E-state index in [-0.39, 0.29) is 12.1 Å². The summed E-state index contributed by atoms with van der Waals surface area (Å²) in [5.74, 6) is 0. The van der Waals surface area contributed by atoms with Crippen molar-refractivity contribution in [3.05, 3.63) is 88.7 Å². The summed E-state index contributed by atoms with van der Waals surface area (Å²) in [6, 6.07) is 20.2. The molecule has 0 radical (unpaired) electrons. The van der Waals surface area contributed by atoms with Crippen molar-refractivity contribution in [1.29, 1.82) is 0 Å². The van der Waals surface area contributed by atoms with E-state index in [2.05, 4.69) is 59.4 Å². The molecule has 0 saturated heterocycles. The fraction of sp³-hybridized carbons (Fsp3) is 0.346. The zero-order chi connectivity index (χ0) is 21.6. The predicted octanol–water partition coefficient (Wildman–Crippen LogP) is 6.87. The molecule has 31 heavy (non-hydrogen) atoms. The molecule has 162 valence electrons. The largest absolute Gasteiger partial charge is 0.345 e. The summed E-state index contributed by atoms with van der Waals surface area (Å²) in [4.78, 5) is 15.4. The number of hydrogen-bond acceptors (Lipinski definition) is 1. The number of hydrogen-bond donors (Lipinski definition) is 1. The maximum absolute atomic E-state index is 13.3. The number of benzene rings is 2. The minimum absolute atomic E-state index is 0.0576. The highest BCUT2D eigenvalue weighted by molar-refractivity contribution is 6.30. The Bertz CT molecular complexity index is 1020. The molecule has 0 aliphatic heterocycles. The summed E-state index contributed by atoms with van der Waals surface area (Å²) in [7, 11) is 0. The average molecular weight is 436 g/mol. The van der Waals surface area contributed by atoms with Crippen molar-refractivity contribution in [2.75, 3.05) is 5.32 Å². The molecule has 4 rings (SSSR count). The van der Waals surface area contributed by atoms with Crippen LogP contribution in [-0.2, 0) is 13.1 Å². The number of urea groups is 1. The molecule has 1 saturated carbocycles. The molecule has 0 unspecified atom stereocenters. The Morgan fingerprint density at radius 1 is 1.06 bits per heavy atom. The third kappa shape index (κ3) is 5.50. The SMILES string of the molecule is Cc1ccccc1Cn1cccc1CN(C(=O)Nc1cccc(Cl)c1)C1CCCCC1. The van der Waals surface area contributed by atoms with E-state index in [0.29, 0.717) is 11.6 Å². The zero-order valence-electron chi connectivity index (χ0n) is 18.1. The third-order valence-corrected chi connectivity index (χ3v) is 6.45. The first-order chi connectivity index (χ1) is 15.1. The minimum atomic E-state index is -0.0576. The van der Waals surface area contributed by atoms with Gasteiger partial charge in [0.05, 0.1) is 6.54 Å². The van der Waals surface area contributed by atoms with Gasteiger partial charge in [0, 0.05) is 35.2 Å². The molecule has 2 aromatic carbocycles. The molecular formula is C26H30ClN3O. The summed E-state index contributed by atoms with van der Waals surface area (Å²) >= 11 is 6.11. The average Bonchev–Trinajstić information content (AvgIpc) is 3.21. The molecule has 1 aliphatic rings. The first kappa shape index (κ1) is 21.5. The van der Waals surface area contributed by atoms with Crippen LogP contribution in [0.5, 0.6) is 0 Å². The molecule has 0 atom stereocenters. The van der Waals surface area contributed by atoms with Gasteiger partial charge in [0.1, 0.15) is 0 Å². The van der Waals surface area contributed by atoms with Gasteiger partial charge in [0.2, 0.25) is 0 Å². The number of aryl methyl sites for hydroxylation is 1. The number of carbonyl (C=O) groups is 1. The molecule has 3 aromatic rings. The highest BCUT2D eigenvalue weighted by Gasteiger charge is 2.26. The van der Waals surface area contributed by atoms with Gasteiger partial charge in [-0.25, -0.2) is 4.79 Å². The Labute approximate surface area is 189 Å². The summed E-state index contributed by atoms with van der Waals surface area (Å²) in [6.45, 7) is 3.55. The topological polar surface area (TPSA) is 37.3 Å². The Hall–Kier alpha value is -2.72. The van der Waals surface area contributed by atoms with Crippen LogP contribution in [0.25, 0.3) is 0 Å². The second-order valence-corrected chi connectivity index (χ2v) is 8.85. The second kappa shape index (κ2) is 10.1. The number of rotatable bonds is 6. The Kier molecular flexibility index (Phi) is 6.98. The van der Waals surface area contributed by atoms with Gasteiger partial charge in [0.15, 0.2) is 0 Å². The van der Waals surface area contributed by atoms with Crippen molar-refractivity contribution in [3.63, 3.8) is 0 Å². The maximum atomic E-state index is 13.3. The van der Waals surface area contributed by atoms with Crippen LogP contribution in [0, 0.1) is 6.92 Å². The lowest BCUT2D eigenvalue weighted by Crippen LogP contribution is -2.43. The molecule has 1 aliphatic carbocycles. The van der Waals surface area contributed by atoms with E-state index in [1.807, 2.05) is 23.1 Å². The fourth-order valence-corrected chi connectivity index (χ4v) is 4.60. The third-order valence-electron chi connectivity index (χ3n) is 6.21. The van der Waals surface area contributed by atoms with Crippen LogP contribution in [0.4, 0.5) is 10.5 Å². The lowest BCUT2D eigenvalue weighted by Gasteiger charge is -2.34. The number of carbonyl (C=O) groups excluding carboxylic acids is 1. The molecule has 1 fully saturated rings. The van der Waals surface area contributed by atoms with Crippen molar-refractivity contribution in [2.24, 2.45) is 0 Å². The van der Waals surface area contributed by atoms with Gasteiger partial charge in [-0.15, -0.1) is 0 Å². The van der Waals surface area contributed by atoms with E-state index < -0.39 is 0 Å². The number of amides is 2. The summed E-state index contributed by atoms with van der Waals surface area (Å²) in [5, 5.41) is 3.68. The van der Waals surface area contributed by atoms with Gasteiger partial charge in [-0.1, -0.05) is 61.2 Å². The van der Waals surface area contributed by atoms with E-state index in [0.717, 1.165) is 30.8 Å². The van der Waals surface area contributed by atoms with Crippen molar-refractivity contribution in [3.8, 4) is 0 Å². The van der Waals surface area contributed by atoms with Gasteiger partial charge in [-0.3, -0.25) is 0 Å². The van der Waals surface area contributed by atoms with Gasteiger partial charge in [-0.05, 0) is 61.2 Å².